The number of anilines is 1. The Kier molecular flexibility index (Phi) is 2.20. The first-order valence-electron chi connectivity index (χ1n) is 3.92. The van der Waals surface area contributed by atoms with Crippen molar-refractivity contribution in [3.8, 4) is 0 Å². The SMILES string of the molecule is O=S(=O)(Cl)c1cncc2c1NCC=C2. The summed E-state index contributed by atoms with van der Waals surface area (Å²) in [6.45, 7) is 0.594. The molecule has 0 atom stereocenters. The van der Waals surface area contributed by atoms with Gasteiger partial charge >= 0.3 is 0 Å². The highest BCUT2D eigenvalue weighted by atomic mass is 35.7. The molecule has 0 saturated heterocycles. The summed E-state index contributed by atoms with van der Waals surface area (Å²) in [6.07, 6.45) is 6.52. The predicted molar refractivity (Wildman–Crippen MR) is 54.8 cm³/mol. The van der Waals surface area contributed by atoms with E-state index in [1.165, 1.54) is 6.20 Å². The van der Waals surface area contributed by atoms with Gasteiger partial charge in [-0.15, -0.1) is 0 Å². The number of hydrogen-bond donors (Lipinski definition) is 1. The van der Waals surface area contributed by atoms with E-state index in [2.05, 4.69) is 10.3 Å². The number of hydrogen-bond acceptors (Lipinski definition) is 4. The van der Waals surface area contributed by atoms with Crippen LogP contribution in [0.25, 0.3) is 6.08 Å². The first kappa shape index (κ1) is 9.48. The fraction of sp³-hybridized carbons (Fsp3) is 0.125. The fourth-order valence-electron chi connectivity index (χ4n) is 1.30. The number of nitrogens with zero attached hydrogens (tertiary/aromatic N) is 1. The van der Waals surface area contributed by atoms with Crippen LogP contribution in [0, 0.1) is 0 Å². The number of pyridine rings is 1. The average Bonchev–Trinajstić information content (AvgIpc) is 2.15. The molecule has 1 N–H and O–H groups in total. The molecule has 0 aromatic carbocycles. The molecule has 0 radical (unpaired) electrons. The van der Waals surface area contributed by atoms with Crippen molar-refractivity contribution in [2.75, 3.05) is 11.9 Å². The van der Waals surface area contributed by atoms with Crippen molar-refractivity contribution in [2.24, 2.45) is 0 Å². The van der Waals surface area contributed by atoms with Crippen molar-refractivity contribution in [3.05, 3.63) is 24.0 Å². The summed E-state index contributed by atoms with van der Waals surface area (Å²) in [5.74, 6) is 0. The molecule has 0 saturated carbocycles. The molecule has 2 heterocycles. The zero-order valence-corrected chi connectivity index (χ0v) is 8.64. The molecule has 74 valence electrons. The maximum Gasteiger partial charge on any atom is 0.264 e. The second-order valence-corrected chi connectivity index (χ2v) is 5.36. The number of fused-ring (bicyclic) bond motifs is 1. The lowest BCUT2D eigenvalue weighted by molar-refractivity contribution is 0.609. The van der Waals surface area contributed by atoms with E-state index in [1.54, 1.807) is 6.20 Å². The molecule has 0 spiro atoms. The van der Waals surface area contributed by atoms with E-state index in [4.69, 9.17) is 10.7 Å². The molecule has 0 aliphatic carbocycles. The van der Waals surface area contributed by atoms with Crippen LogP contribution in [0.2, 0.25) is 0 Å². The summed E-state index contributed by atoms with van der Waals surface area (Å²) < 4.78 is 22.3. The van der Waals surface area contributed by atoms with Crippen LogP contribution in [0.15, 0.2) is 23.4 Å². The van der Waals surface area contributed by atoms with Gasteiger partial charge in [-0.05, 0) is 0 Å². The summed E-state index contributed by atoms with van der Waals surface area (Å²) >= 11 is 0. The Morgan fingerprint density at radius 2 is 2.21 bits per heavy atom. The van der Waals surface area contributed by atoms with Crippen molar-refractivity contribution in [1.82, 2.24) is 4.98 Å². The van der Waals surface area contributed by atoms with Gasteiger partial charge in [-0.2, -0.15) is 0 Å². The second-order valence-electron chi connectivity index (χ2n) is 2.82. The first-order valence-corrected chi connectivity index (χ1v) is 6.23. The lowest BCUT2D eigenvalue weighted by Crippen LogP contribution is -2.09. The number of halogens is 1. The summed E-state index contributed by atoms with van der Waals surface area (Å²) in [4.78, 5) is 3.84. The topological polar surface area (TPSA) is 59.1 Å². The molecular weight excluding hydrogens is 224 g/mol. The van der Waals surface area contributed by atoms with E-state index in [1.807, 2.05) is 12.2 Å². The van der Waals surface area contributed by atoms with E-state index in [-0.39, 0.29) is 4.90 Å². The van der Waals surface area contributed by atoms with Crippen LogP contribution in [-0.2, 0) is 9.05 Å². The van der Waals surface area contributed by atoms with Crippen molar-refractivity contribution < 1.29 is 8.42 Å². The lowest BCUT2D eigenvalue weighted by atomic mass is 10.2. The maximum absolute atomic E-state index is 11.2. The van der Waals surface area contributed by atoms with Crippen LogP contribution in [0.3, 0.4) is 0 Å². The molecule has 1 aromatic heterocycles. The molecule has 14 heavy (non-hydrogen) atoms. The Balaban J connectivity index is 2.69. The molecular formula is C8H7ClN2O2S. The smallest absolute Gasteiger partial charge is 0.264 e. The summed E-state index contributed by atoms with van der Waals surface area (Å²) in [7, 11) is 1.53. The largest absolute Gasteiger partial charge is 0.380 e. The van der Waals surface area contributed by atoms with Gasteiger partial charge in [0.1, 0.15) is 4.90 Å². The van der Waals surface area contributed by atoms with Gasteiger partial charge < -0.3 is 5.32 Å². The van der Waals surface area contributed by atoms with Gasteiger partial charge in [-0.1, -0.05) is 12.2 Å². The second kappa shape index (κ2) is 3.25. The molecule has 1 aliphatic rings. The molecule has 0 unspecified atom stereocenters. The molecule has 6 heteroatoms. The Morgan fingerprint density at radius 3 is 2.93 bits per heavy atom. The third-order valence-corrected chi connectivity index (χ3v) is 3.23. The van der Waals surface area contributed by atoms with Gasteiger partial charge in [0.15, 0.2) is 0 Å². The molecule has 0 bridgehead atoms. The van der Waals surface area contributed by atoms with Gasteiger partial charge in [-0.3, -0.25) is 4.98 Å². The Labute approximate surface area is 86.0 Å². The minimum absolute atomic E-state index is 0.0287. The standard InChI is InChI=1S/C8H7ClN2O2S/c9-14(12,13)7-5-10-4-6-2-1-3-11-8(6)7/h1-2,4-5,11H,3H2. The summed E-state index contributed by atoms with van der Waals surface area (Å²) in [5.41, 5.74) is 1.26. The monoisotopic (exact) mass is 230 g/mol. The number of nitrogens with one attached hydrogen (secondary N) is 1. The van der Waals surface area contributed by atoms with Crippen LogP contribution in [-0.4, -0.2) is 19.9 Å². The number of aromatic nitrogens is 1. The maximum atomic E-state index is 11.2. The quantitative estimate of drug-likeness (QED) is 0.742. The van der Waals surface area contributed by atoms with Crippen LogP contribution in [0.4, 0.5) is 5.69 Å². The van der Waals surface area contributed by atoms with Gasteiger partial charge in [0.2, 0.25) is 0 Å². The lowest BCUT2D eigenvalue weighted by Gasteiger charge is -2.14. The highest BCUT2D eigenvalue weighted by Gasteiger charge is 2.19. The molecule has 4 nitrogen and oxygen atoms in total. The van der Waals surface area contributed by atoms with Gasteiger partial charge in [0.05, 0.1) is 5.69 Å². The van der Waals surface area contributed by atoms with Gasteiger partial charge in [0, 0.05) is 35.2 Å². The molecule has 1 aliphatic heterocycles. The Morgan fingerprint density at radius 1 is 1.43 bits per heavy atom. The van der Waals surface area contributed by atoms with Crippen LogP contribution < -0.4 is 5.32 Å². The van der Waals surface area contributed by atoms with E-state index in [0.717, 1.165) is 5.56 Å². The minimum atomic E-state index is -3.73. The molecule has 1 aromatic rings. The van der Waals surface area contributed by atoms with E-state index in [0.29, 0.717) is 12.2 Å². The first-order chi connectivity index (χ1) is 6.59. The highest BCUT2D eigenvalue weighted by Crippen LogP contribution is 2.29. The normalized spacial score (nSPS) is 14.6. The zero-order valence-electron chi connectivity index (χ0n) is 7.07. The highest BCUT2D eigenvalue weighted by molar-refractivity contribution is 8.13. The third-order valence-electron chi connectivity index (χ3n) is 1.90. The average molecular weight is 231 g/mol. The molecule has 0 fully saturated rings. The minimum Gasteiger partial charge on any atom is -0.380 e. The van der Waals surface area contributed by atoms with Crippen molar-refractivity contribution in [1.29, 1.82) is 0 Å². The van der Waals surface area contributed by atoms with Crippen LogP contribution >= 0.6 is 10.7 Å². The van der Waals surface area contributed by atoms with E-state index >= 15 is 0 Å². The van der Waals surface area contributed by atoms with Crippen molar-refractivity contribution >= 4 is 31.5 Å². The van der Waals surface area contributed by atoms with E-state index in [9.17, 15) is 8.42 Å². The predicted octanol–water partition coefficient (Wildman–Crippen LogP) is 1.45. The fourth-order valence-corrected chi connectivity index (χ4v) is 2.28. The Hall–Kier alpha value is -1.07. The number of rotatable bonds is 1. The zero-order chi connectivity index (χ0) is 10.2. The van der Waals surface area contributed by atoms with Crippen LogP contribution in [0.5, 0.6) is 0 Å². The van der Waals surface area contributed by atoms with Crippen molar-refractivity contribution in [3.63, 3.8) is 0 Å². The Bertz CT molecular complexity index is 496. The van der Waals surface area contributed by atoms with Crippen LogP contribution in [0.1, 0.15) is 5.56 Å². The summed E-state index contributed by atoms with van der Waals surface area (Å²) in [6, 6.07) is 0. The van der Waals surface area contributed by atoms with Gasteiger partial charge in [-0.25, -0.2) is 8.42 Å². The molecule has 0 amide bonds. The summed E-state index contributed by atoms with van der Waals surface area (Å²) in [5, 5.41) is 2.95. The van der Waals surface area contributed by atoms with E-state index < -0.39 is 9.05 Å². The van der Waals surface area contributed by atoms with Gasteiger partial charge in [0.25, 0.3) is 9.05 Å². The molecule has 2 rings (SSSR count). The third kappa shape index (κ3) is 1.60. The van der Waals surface area contributed by atoms with Crippen molar-refractivity contribution in [2.45, 2.75) is 4.90 Å².